The molecule has 3 heterocycles. The highest BCUT2D eigenvalue weighted by atomic mass is 32.2. The summed E-state index contributed by atoms with van der Waals surface area (Å²) in [4.78, 5) is 19.5. The van der Waals surface area contributed by atoms with Crippen LogP contribution in [0, 0.1) is 11.8 Å². The van der Waals surface area contributed by atoms with Gasteiger partial charge in [0, 0.05) is 47.1 Å². The van der Waals surface area contributed by atoms with Crippen LogP contribution in [0.4, 0.5) is 0 Å². The van der Waals surface area contributed by atoms with E-state index in [1.54, 1.807) is 24.6 Å². The molecule has 2 aromatic heterocycles. The second-order valence-electron chi connectivity index (χ2n) is 9.23. The number of hydrogen-bond acceptors (Lipinski definition) is 7. The SMILES string of the molecule is COc1ccc2nccc([C@@H](O)CCC3CCN(CCSc4ccsc4)CC3CCC(=O)O)c2c1. The highest BCUT2D eigenvalue weighted by molar-refractivity contribution is 7.99. The summed E-state index contributed by atoms with van der Waals surface area (Å²) in [7, 11) is 1.64. The minimum atomic E-state index is -0.730. The summed E-state index contributed by atoms with van der Waals surface area (Å²) in [6.07, 6.45) is 4.64. The Morgan fingerprint density at radius 3 is 2.94 bits per heavy atom. The number of aromatic nitrogens is 1. The number of rotatable bonds is 12. The van der Waals surface area contributed by atoms with E-state index in [4.69, 9.17) is 4.74 Å². The van der Waals surface area contributed by atoms with Gasteiger partial charge in [0.15, 0.2) is 0 Å². The van der Waals surface area contributed by atoms with Crippen LogP contribution in [0.3, 0.4) is 0 Å². The molecule has 6 nitrogen and oxygen atoms in total. The average Bonchev–Trinajstić information content (AvgIpc) is 3.39. The molecule has 2 unspecified atom stereocenters. The fourth-order valence-electron chi connectivity index (χ4n) is 5.09. The van der Waals surface area contributed by atoms with Gasteiger partial charge in [0.25, 0.3) is 0 Å². The maximum Gasteiger partial charge on any atom is 0.303 e. The van der Waals surface area contributed by atoms with Gasteiger partial charge in [-0.3, -0.25) is 9.78 Å². The van der Waals surface area contributed by atoms with E-state index in [1.165, 1.54) is 4.90 Å². The predicted molar refractivity (Wildman–Crippen MR) is 142 cm³/mol. The first-order valence-electron chi connectivity index (χ1n) is 12.2. The molecule has 3 atom stereocenters. The summed E-state index contributed by atoms with van der Waals surface area (Å²) in [6, 6.07) is 9.78. The molecular weight excluding hydrogens is 480 g/mol. The molecule has 1 fully saturated rings. The molecule has 1 aliphatic rings. The zero-order chi connectivity index (χ0) is 24.6. The Kier molecular flexibility index (Phi) is 9.43. The van der Waals surface area contributed by atoms with Crippen LogP contribution < -0.4 is 4.74 Å². The van der Waals surface area contributed by atoms with E-state index in [2.05, 4.69) is 26.7 Å². The van der Waals surface area contributed by atoms with E-state index < -0.39 is 12.1 Å². The number of thioether (sulfide) groups is 1. The second kappa shape index (κ2) is 12.7. The number of ether oxygens (including phenoxy) is 1. The first-order chi connectivity index (χ1) is 17.0. The Hall–Kier alpha value is -2.13. The number of thiophene rings is 1. The van der Waals surface area contributed by atoms with Crippen molar-refractivity contribution in [1.29, 1.82) is 0 Å². The van der Waals surface area contributed by atoms with Crippen molar-refractivity contribution in [2.24, 2.45) is 11.8 Å². The lowest BCUT2D eigenvalue weighted by atomic mass is 9.79. The second-order valence-corrected chi connectivity index (χ2v) is 11.2. The molecule has 0 spiro atoms. The molecule has 0 bridgehead atoms. The largest absolute Gasteiger partial charge is 0.497 e. The predicted octanol–water partition coefficient (Wildman–Crippen LogP) is 5.71. The number of carboxylic acids is 1. The van der Waals surface area contributed by atoms with E-state index in [-0.39, 0.29) is 6.42 Å². The zero-order valence-electron chi connectivity index (χ0n) is 20.1. The van der Waals surface area contributed by atoms with E-state index in [0.29, 0.717) is 24.7 Å². The number of carbonyl (C=O) groups is 1. The van der Waals surface area contributed by atoms with Crippen LogP contribution in [-0.4, -0.2) is 58.6 Å². The highest BCUT2D eigenvalue weighted by Crippen LogP contribution is 2.35. The third-order valence-electron chi connectivity index (χ3n) is 7.03. The van der Waals surface area contributed by atoms with Gasteiger partial charge in [-0.2, -0.15) is 11.3 Å². The van der Waals surface area contributed by atoms with Crippen molar-refractivity contribution in [1.82, 2.24) is 9.88 Å². The van der Waals surface area contributed by atoms with E-state index >= 15 is 0 Å². The maximum absolute atomic E-state index is 11.3. The van der Waals surface area contributed by atoms with Crippen LogP contribution in [-0.2, 0) is 4.79 Å². The standard InChI is InChI=1S/C27H34N2O4S2/c1-33-21-4-5-25-24(16-21)23(8-11-28-25)26(30)6-2-19-9-12-29(17-20(19)3-7-27(31)32)13-15-35-22-10-14-34-18-22/h4-5,8,10-11,14,16,18-20,26,30H,2-3,6-7,9,12-13,15,17H2,1H3,(H,31,32)/t19?,20?,26-/m0/s1. The molecule has 188 valence electrons. The summed E-state index contributed by atoms with van der Waals surface area (Å²) >= 11 is 3.61. The Morgan fingerprint density at radius 2 is 2.17 bits per heavy atom. The number of pyridine rings is 1. The Labute approximate surface area is 215 Å². The first-order valence-corrected chi connectivity index (χ1v) is 14.2. The van der Waals surface area contributed by atoms with Gasteiger partial charge in [0.2, 0.25) is 0 Å². The molecule has 4 rings (SSSR count). The summed E-state index contributed by atoms with van der Waals surface area (Å²) in [6.45, 7) is 2.99. The Morgan fingerprint density at radius 1 is 1.29 bits per heavy atom. The maximum atomic E-state index is 11.3. The van der Waals surface area contributed by atoms with Crippen LogP contribution in [0.2, 0.25) is 0 Å². The molecule has 35 heavy (non-hydrogen) atoms. The number of hydrogen-bond donors (Lipinski definition) is 2. The number of fused-ring (bicyclic) bond motifs is 1. The van der Waals surface area contributed by atoms with Gasteiger partial charge < -0.3 is 19.8 Å². The normalized spacial score (nSPS) is 19.6. The summed E-state index contributed by atoms with van der Waals surface area (Å²) in [5.74, 6) is 1.83. The smallest absolute Gasteiger partial charge is 0.303 e. The van der Waals surface area contributed by atoms with Gasteiger partial charge >= 0.3 is 5.97 Å². The van der Waals surface area contributed by atoms with Crippen LogP contribution >= 0.6 is 23.1 Å². The minimum absolute atomic E-state index is 0.204. The molecule has 2 N–H and O–H groups in total. The fourth-order valence-corrected chi connectivity index (χ4v) is 6.88. The van der Waals surface area contributed by atoms with Crippen molar-refractivity contribution in [2.75, 3.05) is 32.5 Å². The molecule has 8 heteroatoms. The molecular formula is C27H34N2O4S2. The number of aliphatic hydroxyl groups is 1. The van der Waals surface area contributed by atoms with Crippen LogP contribution in [0.25, 0.3) is 10.9 Å². The van der Waals surface area contributed by atoms with Crippen molar-refractivity contribution in [3.8, 4) is 5.75 Å². The van der Waals surface area contributed by atoms with Crippen LogP contribution in [0.1, 0.15) is 43.8 Å². The van der Waals surface area contributed by atoms with E-state index in [0.717, 1.165) is 60.4 Å². The monoisotopic (exact) mass is 514 g/mol. The third-order valence-corrected chi connectivity index (χ3v) is 8.83. The quantitative estimate of drug-likeness (QED) is 0.299. The Bertz CT molecular complexity index is 1090. The number of likely N-dealkylation sites (tertiary alicyclic amines) is 1. The summed E-state index contributed by atoms with van der Waals surface area (Å²) in [5.41, 5.74) is 1.72. The van der Waals surface area contributed by atoms with Crippen molar-refractivity contribution in [3.63, 3.8) is 0 Å². The number of methoxy groups -OCH3 is 1. The topological polar surface area (TPSA) is 82.9 Å². The van der Waals surface area contributed by atoms with Gasteiger partial charge in [-0.25, -0.2) is 0 Å². The number of aliphatic hydroxyl groups excluding tert-OH is 1. The molecule has 1 aliphatic heterocycles. The van der Waals surface area contributed by atoms with Gasteiger partial charge in [-0.05, 0) is 85.3 Å². The number of nitrogens with zero attached hydrogens (tertiary/aromatic N) is 2. The lowest BCUT2D eigenvalue weighted by molar-refractivity contribution is -0.137. The summed E-state index contributed by atoms with van der Waals surface area (Å²) < 4.78 is 5.37. The number of benzene rings is 1. The lowest BCUT2D eigenvalue weighted by Crippen LogP contribution is -2.41. The minimum Gasteiger partial charge on any atom is -0.497 e. The molecule has 0 aliphatic carbocycles. The van der Waals surface area contributed by atoms with Crippen molar-refractivity contribution >= 4 is 40.0 Å². The molecule has 3 aromatic rings. The van der Waals surface area contributed by atoms with E-state index in [9.17, 15) is 15.0 Å². The summed E-state index contributed by atoms with van der Waals surface area (Å²) in [5, 5.41) is 25.6. The number of piperidine rings is 1. The zero-order valence-corrected chi connectivity index (χ0v) is 21.8. The van der Waals surface area contributed by atoms with Crippen LogP contribution in [0.15, 0.2) is 52.2 Å². The highest BCUT2D eigenvalue weighted by Gasteiger charge is 2.30. The Balaban J connectivity index is 1.36. The van der Waals surface area contributed by atoms with Gasteiger partial charge in [-0.15, -0.1) is 11.8 Å². The van der Waals surface area contributed by atoms with Gasteiger partial charge in [-0.1, -0.05) is 0 Å². The molecule has 1 saturated heterocycles. The van der Waals surface area contributed by atoms with Gasteiger partial charge in [0.05, 0.1) is 18.7 Å². The first kappa shape index (κ1) is 25.9. The van der Waals surface area contributed by atoms with Crippen LogP contribution in [0.5, 0.6) is 5.75 Å². The molecule has 0 amide bonds. The molecule has 0 saturated carbocycles. The van der Waals surface area contributed by atoms with Gasteiger partial charge in [0.1, 0.15) is 5.75 Å². The van der Waals surface area contributed by atoms with Crippen molar-refractivity contribution < 1.29 is 19.7 Å². The average molecular weight is 515 g/mol. The van der Waals surface area contributed by atoms with Crippen molar-refractivity contribution in [2.45, 2.75) is 43.1 Å². The molecule has 1 aromatic carbocycles. The number of carboxylic acid groups (broad SMARTS) is 1. The lowest BCUT2D eigenvalue weighted by Gasteiger charge is -2.39. The third kappa shape index (κ3) is 7.19. The molecule has 0 radical (unpaired) electrons. The van der Waals surface area contributed by atoms with E-state index in [1.807, 2.05) is 36.0 Å². The van der Waals surface area contributed by atoms with Crippen molar-refractivity contribution in [3.05, 3.63) is 52.9 Å². The number of aliphatic carboxylic acids is 1. The fraction of sp³-hybridized carbons (Fsp3) is 0.481.